The number of halogens is 2. The molecule has 0 atom stereocenters. The number of carbonyl (C=O) groups is 1. The van der Waals surface area contributed by atoms with Gasteiger partial charge in [-0.15, -0.1) is 0 Å². The summed E-state index contributed by atoms with van der Waals surface area (Å²) in [6, 6.07) is 20.6. The minimum Gasteiger partial charge on any atom is -0.494 e. The highest BCUT2D eigenvalue weighted by atomic mass is 35.5. The quantitative estimate of drug-likeness (QED) is 0.215. The van der Waals surface area contributed by atoms with E-state index in [0.29, 0.717) is 28.6 Å². The Labute approximate surface area is 249 Å². The van der Waals surface area contributed by atoms with E-state index in [4.69, 9.17) is 16.3 Å². The van der Waals surface area contributed by atoms with Gasteiger partial charge in [0.25, 0.3) is 20.0 Å². The molecule has 0 aliphatic carbocycles. The number of hydrogen-bond acceptors (Lipinski definition) is 6. The van der Waals surface area contributed by atoms with E-state index in [1.165, 1.54) is 66.7 Å². The van der Waals surface area contributed by atoms with Gasteiger partial charge in [0.2, 0.25) is 5.91 Å². The van der Waals surface area contributed by atoms with Gasteiger partial charge in [0.1, 0.15) is 18.1 Å². The molecule has 13 heteroatoms. The molecule has 4 aromatic carbocycles. The smallest absolute Gasteiger partial charge is 0.264 e. The molecule has 0 spiro atoms. The summed E-state index contributed by atoms with van der Waals surface area (Å²) in [5, 5.41) is 2.95. The first-order valence-corrected chi connectivity index (χ1v) is 15.9. The third kappa shape index (κ3) is 7.38. The maximum absolute atomic E-state index is 13.6. The highest BCUT2D eigenvalue weighted by Crippen LogP contribution is 2.27. The summed E-state index contributed by atoms with van der Waals surface area (Å²) in [4.78, 5) is 12.9. The Hall–Kier alpha value is -4.13. The van der Waals surface area contributed by atoms with Crippen LogP contribution < -0.4 is 19.1 Å². The molecule has 0 saturated carbocycles. The van der Waals surface area contributed by atoms with Crippen LogP contribution in [0.5, 0.6) is 5.75 Å². The van der Waals surface area contributed by atoms with E-state index in [9.17, 15) is 26.0 Å². The number of nitrogens with zero attached hydrogens (tertiary/aromatic N) is 1. The van der Waals surface area contributed by atoms with Gasteiger partial charge in [-0.25, -0.2) is 21.2 Å². The Morgan fingerprint density at radius 2 is 1.50 bits per heavy atom. The topological polar surface area (TPSA) is 122 Å². The maximum Gasteiger partial charge on any atom is 0.264 e. The molecule has 0 aliphatic rings. The van der Waals surface area contributed by atoms with Crippen molar-refractivity contribution in [3.05, 3.63) is 107 Å². The van der Waals surface area contributed by atoms with Crippen LogP contribution in [-0.2, 0) is 24.8 Å². The molecule has 0 fully saturated rings. The van der Waals surface area contributed by atoms with Gasteiger partial charge in [-0.2, -0.15) is 0 Å². The van der Waals surface area contributed by atoms with Crippen molar-refractivity contribution in [2.45, 2.75) is 23.6 Å². The normalized spacial score (nSPS) is 11.5. The summed E-state index contributed by atoms with van der Waals surface area (Å²) in [6.07, 6.45) is 0. The molecule has 0 aliphatic heterocycles. The van der Waals surface area contributed by atoms with Crippen LogP contribution in [0.25, 0.3) is 0 Å². The molecular formula is C29H27ClFN3O6S2. The largest absolute Gasteiger partial charge is 0.494 e. The van der Waals surface area contributed by atoms with E-state index in [2.05, 4.69) is 10.0 Å². The van der Waals surface area contributed by atoms with Gasteiger partial charge in [-0.05, 0) is 104 Å². The number of anilines is 3. The van der Waals surface area contributed by atoms with Crippen LogP contribution in [0.1, 0.15) is 12.5 Å². The van der Waals surface area contributed by atoms with Gasteiger partial charge < -0.3 is 10.1 Å². The lowest BCUT2D eigenvalue weighted by Crippen LogP contribution is -2.38. The van der Waals surface area contributed by atoms with Gasteiger partial charge in [0, 0.05) is 10.7 Å². The van der Waals surface area contributed by atoms with Crippen LogP contribution in [0.4, 0.5) is 21.5 Å². The summed E-state index contributed by atoms with van der Waals surface area (Å²) in [7, 11) is -8.21. The van der Waals surface area contributed by atoms with Crippen molar-refractivity contribution in [2.75, 3.05) is 27.5 Å². The lowest BCUT2D eigenvalue weighted by Gasteiger charge is -2.24. The monoisotopic (exact) mass is 631 g/mol. The van der Waals surface area contributed by atoms with Crippen molar-refractivity contribution in [1.29, 1.82) is 0 Å². The highest BCUT2D eigenvalue weighted by Gasteiger charge is 2.27. The second-order valence-corrected chi connectivity index (χ2v) is 13.0. The first-order valence-electron chi connectivity index (χ1n) is 12.6. The van der Waals surface area contributed by atoms with Gasteiger partial charge >= 0.3 is 0 Å². The minimum atomic E-state index is -4.25. The maximum atomic E-state index is 13.6. The zero-order chi connectivity index (χ0) is 30.5. The molecule has 0 saturated heterocycles. The molecule has 220 valence electrons. The molecular weight excluding hydrogens is 605 g/mol. The Morgan fingerprint density at radius 1 is 0.881 bits per heavy atom. The first kappa shape index (κ1) is 30.8. The molecule has 9 nitrogen and oxygen atoms in total. The van der Waals surface area contributed by atoms with Crippen LogP contribution in [0.15, 0.2) is 101 Å². The van der Waals surface area contributed by atoms with Crippen molar-refractivity contribution < 1.29 is 30.8 Å². The fraction of sp³-hybridized carbons (Fsp3) is 0.138. The standard InChI is InChI=1S/C29H27ClFN3O6S2/c1-3-40-25-12-16-27(17-13-25)42(38,39)34(24-10-6-22(31)7-11-24)19-29(35)32-23-8-14-26(15-9-23)41(36,37)33-28-18-21(30)5-4-20(28)2/h4-18,33H,3,19H2,1-2H3,(H,32,35). The molecule has 4 rings (SSSR count). The van der Waals surface area contributed by atoms with Gasteiger partial charge in [-0.1, -0.05) is 17.7 Å². The SMILES string of the molecule is CCOc1ccc(S(=O)(=O)N(CC(=O)Nc2ccc(S(=O)(=O)Nc3cc(Cl)ccc3C)cc2)c2ccc(F)cc2)cc1. The number of amides is 1. The van der Waals surface area contributed by atoms with E-state index in [-0.39, 0.29) is 21.2 Å². The zero-order valence-electron chi connectivity index (χ0n) is 22.5. The highest BCUT2D eigenvalue weighted by molar-refractivity contribution is 7.93. The molecule has 0 radical (unpaired) electrons. The van der Waals surface area contributed by atoms with Gasteiger partial charge in [-0.3, -0.25) is 13.8 Å². The Kier molecular flexibility index (Phi) is 9.40. The van der Waals surface area contributed by atoms with Crippen LogP contribution in [0, 0.1) is 12.7 Å². The molecule has 0 bridgehead atoms. The van der Waals surface area contributed by atoms with E-state index >= 15 is 0 Å². The number of sulfonamides is 2. The van der Waals surface area contributed by atoms with Crippen molar-refractivity contribution in [2.24, 2.45) is 0 Å². The fourth-order valence-electron chi connectivity index (χ4n) is 3.88. The van der Waals surface area contributed by atoms with Crippen LogP contribution in [0.2, 0.25) is 5.02 Å². The molecule has 0 aromatic heterocycles. The zero-order valence-corrected chi connectivity index (χ0v) is 24.9. The number of nitrogens with one attached hydrogen (secondary N) is 2. The van der Waals surface area contributed by atoms with Crippen LogP contribution in [-0.4, -0.2) is 35.9 Å². The number of aryl methyl sites for hydroxylation is 1. The second-order valence-electron chi connectivity index (χ2n) is 9.03. The number of rotatable bonds is 11. The lowest BCUT2D eigenvalue weighted by molar-refractivity contribution is -0.114. The van der Waals surface area contributed by atoms with Crippen LogP contribution >= 0.6 is 11.6 Å². The van der Waals surface area contributed by atoms with E-state index in [1.54, 1.807) is 26.0 Å². The number of hydrogen-bond donors (Lipinski definition) is 2. The summed E-state index contributed by atoms with van der Waals surface area (Å²) >= 11 is 5.99. The number of benzene rings is 4. The van der Waals surface area contributed by atoms with E-state index in [0.717, 1.165) is 16.4 Å². The third-order valence-electron chi connectivity index (χ3n) is 6.02. The van der Waals surface area contributed by atoms with Crippen molar-refractivity contribution >= 4 is 54.6 Å². The van der Waals surface area contributed by atoms with E-state index in [1.807, 2.05) is 0 Å². The van der Waals surface area contributed by atoms with Crippen molar-refractivity contribution in [3.63, 3.8) is 0 Å². The molecule has 2 N–H and O–H groups in total. The molecule has 42 heavy (non-hydrogen) atoms. The minimum absolute atomic E-state index is 0.0640. The third-order valence-corrected chi connectivity index (χ3v) is 9.42. The summed E-state index contributed by atoms with van der Waals surface area (Å²) in [5.41, 5.74) is 1.31. The Morgan fingerprint density at radius 3 is 2.12 bits per heavy atom. The summed E-state index contributed by atoms with van der Waals surface area (Å²) in [6.45, 7) is 3.29. The molecule has 1 amide bonds. The Balaban J connectivity index is 1.53. The fourth-order valence-corrected chi connectivity index (χ4v) is 6.60. The van der Waals surface area contributed by atoms with Crippen LogP contribution in [0.3, 0.4) is 0 Å². The van der Waals surface area contributed by atoms with Crippen molar-refractivity contribution in [3.8, 4) is 5.75 Å². The Bertz CT molecular complexity index is 1780. The predicted octanol–water partition coefficient (Wildman–Crippen LogP) is 5.82. The average Bonchev–Trinajstić information content (AvgIpc) is 2.95. The molecule has 4 aromatic rings. The number of carbonyl (C=O) groups excluding carboxylic acids is 1. The molecule has 0 heterocycles. The lowest BCUT2D eigenvalue weighted by atomic mass is 10.2. The van der Waals surface area contributed by atoms with Crippen molar-refractivity contribution in [1.82, 2.24) is 0 Å². The number of ether oxygens (including phenoxy) is 1. The predicted molar refractivity (Wildman–Crippen MR) is 161 cm³/mol. The second kappa shape index (κ2) is 12.8. The van der Waals surface area contributed by atoms with Gasteiger partial charge in [0.05, 0.1) is 27.8 Å². The molecule has 0 unspecified atom stereocenters. The summed E-state index contributed by atoms with van der Waals surface area (Å²) in [5.74, 6) is -0.806. The van der Waals surface area contributed by atoms with Gasteiger partial charge in [0.15, 0.2) is 0 Å². The average molecular weight is 632 g/mol. The summed E-state index contributed by atoms with van der Waals surface area (Å²) < 4.78 is 75.2. The first-order chi connectivity index (χ1) is 19.9. The van der Waals surface area contributed by atoms with E-state index < -0.39 is 38.3 Å².